The van der Waals surface area contributed by atoms with Crippen LogP contribution in [0.15, 0.2) is 72.9 Å². The Bertz CT molecular complexity index is 1860. The van der Waals surface area contributed by atoms with Crippen LogP contribution in [0.25, 0.3) is 54.6 Å². The number of aliphatic hydroxyl groups excluding tert-OH is 1. The van der Waals surface area contributed by atoms with Crippen molar-refractivity contribution in [3.05, 3.63) is 89.1 Å². The monoisotopic (exact) mass is 596 g/mol. The Kier molecular flexibility index (Phi) is 7.59. The van der Waals surface area contributed by atoms with Crippen LogP contribution in [0.5, 0.6) is 0 Å². The summed E-state index contributed by atoms with van der Waals surface area (Å²) in [7, 11) is 0. The van der Waals surface area contributed by atoms with Crippen LogP contribution in [0.3, 0.4) is 0 Å². The Morgan fingerprint density at radius 2 is 1.76 bits per heavy atom. The van der Waals surface area contributed by atoms with Crippen molar-refractivity contribution < 1.29 is 9.84 Å². The average Bonchev–Trinajstić information content (AvgIpc) is 3.66. The number of nitrogens with zero attached hydrogens (tertiary/aromatic N) is 5. The number of ether oxygens (including phenoxy) is 1. The van der Waals surface area contributed by atoms with Crippen LogP contribution < -0.4 is 0 Å². The van der Waals surface area contributed by atoms with E-state index in [9.17, 15) is 5.11 Å². The van der Waals surface area contributed by atoms with Crippen LogP contribution >= 0.6 is 22.9 Å². The van der Waals surface area contributed by atoms with Gasteiger partial charge in [0.25, 0.3) is 0 Å². The van der Waals surface area contributed by atoms with Gasteiger partial charge in [-0.25, -0.2) is 10.1 Å². The number of hydrogen-bond acceptors (Lipinski definition) is 8. The summed E-state index contributed by atoms with van der Waals surface area (Å²) < 4.78 is 7.38. The van der Waals surface area contributed by atoms with Gasteiger partial charge >= 0.3 is 0 Å². The molecule has 3 heterocycles. The predicted molar refractivity (Wildman–Crippen MR) is 167 cm³/mol. The lowest BCUT2D eigenvalue weighted by molar-refractivity contribution is -0.0821. The van der Waals surface area contributed by atoms with Gasteiger partial charge in [-0.2, -0.15) is 0 Å². The highest BCUT2D eigenvalue weighted by Gasteiger charge is 2.27. The predicted octanol–water partition coefficient (Wildman–Crippen LogP) is 7.68. The highest BCUT2D eigenvalue weighted by Crippen LogP contribution is 2.44. The van der Waals surface area contributed by atoms with Crippen LogP contribution in [0.4, 0.5) is 0 Å². The molecule has 0 unspecified atom stereocenters. The zero-order valence-electron chi connectivity index (χ0n) is 23.6. The number of halogens is 1. The number of aliphatic hydroxyl groups is 1. The fourth-order valence-electron chi connectivity index (χ4n) is 5.10. The van der Waals surface area contributed by atoms with E-state index in [2.05, 4.69) is 31.7 Å². The molecule has 0 radical (unpaired) electrons. The average molecular weight is 597 g/mol. The number of tetrazole rings is 1. The SMILES string of the molecule is Cc1cc2nc(-c3ccnc(-c4cccc(-c5nnn[nH]5)c4)c3)sc2c(-c2ccc(Cl)cc2)c1[C@@H](CO)OC(C)(C)C. The minimum absolute atomic E-state index is 0.146. The largest absolute Gasteiger partial charge is 0.393 e. The standard InChI is InChI=1S/C32H29ClN6O2S/c1-18-14-25-29(28(19-8-10-23(33)11-9-19)27(18)26(17-40)41-32(2,3)4)42-31(35-25)22-12-13-34-24(16-22)20-6-5-7-21(15-20)30-36-38-39-37-30/h5-16,26,40H,17H2,1-4H3,(H,36,37,38,39)/t26-/m1/s1. The molecule has 0 saturated heterocycles. The lowest BCUT2D eigenvalue weighted by atomic mass is 9.91. The van der Waals surface area contributed by atoms with Crippen molar-refractivity contribution in [3.8, 4) is 44.3 Å². The van der Waals surface area contributed by atoms with E-state index in [0.717, 1.165) is 59.9 Å². The van der Waals surface area contributed by atoms with Gasteiger partial charge in [-0.3, -0.25) is 4.98 Å². The van der Waals surface area contributed by atoms with Gasteiger partial charge in [0.05, 0.1) is 28.1 Å². The number of rotatable bonds is 7. The van der Waals surface area contributed by atoms with E-state index in [4.69, 9.17) is 21.3 Å². The first-order valence-electron chi connectivity index (χ1n) is 13.5. The van der Waals surface area contributed by atoms with E-state index in [1.165, 1.54) is 0 Å². The number of nitrogens with one attached hydrogen (secondary N) is 1. The number of pyridine rings is 1. The molecule has 212 valence electrons. The molecule has 0 saturated carbocycles. The summed E-state index contributed by atoms with van der Waals surface area (Å²) >= 11 is 7.87. The number of thiazole rings is 1. The molecule has 0 bridgehead atoms. The van der Waals surface area contributed by atoms with Gasteiger partial charge < -0.3 is 9.84 Å². The van der Waals surface area contributed by atoms with E-state index in [1.807, 2.05) is 88.4 Å². The minimum atomic E-state index is -0.509. The number of H-pyrrole nitrogens is 1. The van der Waals surface area contributed by atoms with Gasteiger partial charge in [-0.15, -0.1) is 16.4 Å². The maximum Gasteiger partial charge on any atom is 0.179 e. The zero-order chi connectivity index (χ0) is 29.4. The summed E-state index contributed by atoms with van der Waals surface area (Å²) in [4.78, 5) is 9.71. The van der Waals surface area contributed by atoms with Crippen molar-refractivity contribution in [2.75, 3.05) is 6.61 Å². The first kappa shape index (κ1) is 28.1. The number of aryl methyl sites for hydroxylation is 1. The van der Waals surface area contributed by atoms with Crippen LogP contribution in [-0.2, 0) is 4.74 Å². The van der Waals surface area contributed by atoms with Crippen LogP contribution in [0, 0.1) is 6.92 Å². The number of fused-ring (bicyclic) bond motifs is 1. The first-order valence-corrected chi connectivity index (χ1v) is 14.7. The van der Waals surface area contributed by atoms with Crippen molar-refractivity contribution in [1.29, 1.82) is 0 Å². The molecule has 0 amide bonds. The number of benzene rings is 3. The zero-order valence-corrected chi connectivity index (χ0v) is 25.2. The van der Waals surface area contributed by atoms with Crippen molar-refractivity contribution in [3.63, 3.8) is 0 Å². The van der Waals surface area contributed by atoms with Crippen molar-refractivity contribution in [2.45, 2.75) is 39.4 Å². The van der Waals surface area contributed by atoms with Gasteiger partial charge in [0.1, 0.15) is 11.1 Å². The van der Waals surface area contributed by atoms with Gasteiger partial charge in [0.15, 0.2) is 5.82 Å². The summed E-state index contributed by atoms with van der Waals surface area (Å²) in [5, 5.41) is 26.2. The first-order chi connectivity index (χ1) is 20.2. The van der Waals surface area contributed by atoms with Crippen LogP contribution in [0.2, 0.25) is 5.02 Å². The molecule has 10 heteroatoms. The van der Waals surface area contributed by atoms with E-state index in [0.29, 0.717) is 10.8 Å². The molecular formula is C32H29ClN6O2S. The highest BCUT2D eigenvalue weighted by atomic mass is 35.5. The third-order valence-electron chi connectivity index (χ3n) is 6.83. The fourth-order valence-corrected chi connectivity index (χ4v) is 6.34. The van der Waals surface area contributed by atoms with E-state index < -0.39 is 11.7 Å². The van der Waals surface area contributed by atoms with Gasteiger partial charge in [-0.05, 0) is 91.2 Å². The van der Waals surface area contributed by atoms with Crippen LogP contribution in [-0.4, -0.2) is 47.9 Å². The molecule has 0 spiro atoms. The third kappa shape index (κ3) is 5.69. The Morgan fingerprint density at radius 1 is 0.976 bits per heavy atom. The molecule has 6 rings (SSSR count). The molecule has 3 aromatic carbocycles. The van der Waals surface area contributed by atoms with Crippen molar-refractivity contribution >= 4 is 33.2 Å². The van der Waals surface area contributed by atoms with E-state index in [-0.39, 0.29) is 6.61 Å². The Morgan fingerprint density at radius 3 is 2.48 bits per heavy atom. The van der Waals surface area contributed by atoms with Gasteiger partial charge in [0, 0.05) is 33.5 Å². The number of hydrogen-bond donors (Lipinski definition) is 2. The molecule has 3 aromatic heterocycles. The molecule has 8 nitrogen and oxygen atoms in total. The molecule has 2 N–H and O–H groups in total. The fraction of sp³-hybridized carbons (Fsp3) is 0.219. The van der Waals surface area contributed by atoms with Gasteiger partial charge in [-0.1, -0.05) is 41.9 Å². The topological polar surface area (TPSA) is 110 Å². The van der Waals surface area contributed by atoms with E-state index in [1.54, 1.807) is 17.5 Å². The lowest BCUT2D eigenvalue weighted by Crippen LogP contribution is -2.25. The maximum absolute atomic E-state index is 10.5. The lowest BCUT2D eigenvalue weighted by Gasteiger charge is -2.29. The number of aromatic amines is 1. The van der Waals surface area contributed by atoms with Crippen molar-refractivity contribution in [2.24, 2.45) is 0 Å². The van der Waals surface area contributed by atoms with Crippen LogP contribution in [0.1, 0.15) is 38.0 Å². The quantitative estimate of drug-likeness (QED) is 0.194. The van der Waals surface area contributed by atoms with Crippen molar-refractivity contribution in [1.82, 2.24) is 30.6 Å². The molecule has 6 aromatic rings. The second kappa shape index (κ2) is 11.3. The Labute approximate surface area is 252 Å². The highest BCUT2D eigenvalue weighted by molar-refractivity contribution is 7.22. The molecule has 1 atom stereocenters. The normalized spacial score (nSPS) is 12.6. The maximum atomic E-state index is 10.5. The second-order valence-electron chi connectivity index (χ2n) is 11.0. The Hall–Kier alpha value is -4.02. The molecule has 0 aliphatic rings. The van der Waals surface area contributed by atoms with Gasteiger partial charge in [0.2, 0.25) is 0 Å². The minimum Gasteiger partial charge on any atom is -0.393 e. The summed E-state index contributed by atoms with van der Waals surface area (Å²) in [5.74, 6) is 0.594. The molecule has 0 aliphatic carbocycles. The van der Waals surface area contributed by atoms with E-state index >= 15 is 0 Å². The molecule has 42 heavy (non-hydrogen) atoms. The summed E-state index contributed by atoms with van der Waals surface area (Å²) in [6.07, 6.45) is 1.29. The summed E-state index contributed by atoms with van der Waals surface area (Å²) in [6, 6.07) is 21.8. The Balaban J connectivity index is 1.49. The molecule has 0 aliphatic heterocycles. The number of aromatic nitrogens is 6. The smallest absolute Gasteiger partial charge is 0.179 e. The summed E-state index contributed by atoms with van der Waals surface area (Å²) in [6.45, 7) is 7.89. The molecule has 0 fully saturated rings. The summed E-state index contributed by atoms with van der Waals surface area (Å²) in [5.41, 5.74) is 7.96. The molecular weight excluding hydrogens is 568 g/mol. The third-order valence-corrected chi connectivity index (χ3v) is 8.22. The second-order valence-corrected chi connectivity index (χ2v) is 12.5.